The predicted octanol–water partition coefficient (Wildman–Crippen LogP) is 3.05. The van der Waals surface area contributed by atoms with Gasteiger partial charge in [-0.1, -0.05) is 0 Å². The van der Waals surface area contributed by atoms with Gasteiger partial charge in [-0.2, -0.15) is 4.98 Å². The molecule has 1 aliphatic carbocycles. The number of aromatic nitrogens is 4. The maximum atomic E-state index is 11.5. The second kappa shape index (κ2) is 7.84. The van der Waals surface area contributed by atoms with Crippen LogP contribution in [0, 0.1) is 0 Å². The van der Waals surface area contributed by atoms with Crippen molar-refractivity contribution in [2.75, 3.05) is 30.0 Å². The lowest BCUT2D eigenvalue weighted by molar-refractivity contribution is 0.0978. The highest BCUT2D eigenvalue weighted by molar-refractivity contribution is 5.66. The topological polar surface area (TPSA) is 105 Å². The molecule has 1 saturated carbocycles. The third kappa shape index (κ3) is 3.93. The number of hydrogen-bond acceptors (Lipinski definition) is 8. The monoisotopic (exact) mass is 446 g/mol. The second-order valence-corrected chi connectivity index (χ2v) is 9.04. The first-order valence-corrected chi connectivity index (χ1v) is 11.5. The molecule has 2 fully saturated rings. The van der Waals surface area contributed by atoms with Crippen LogP contribution in [0.25, 0.3) is 11.4 Å². The van der Waals surface area contributed by atoms with Gasteiger partial charge in [0.25, 0.3) is 5.56 Å². The third-order valence-electron chi connectivity index (χ3n) is 6.62. The molecule has 2 aliphatic heterocycles. The Kier molecular flexibility index (Phi) is 4.79. The smallest absolute Gasteiger partial charge is 0.252 e. The van der Waals surface area contributed by atoms with Gasteiger partial charge in [0.2, 0.25) is 11.8 Å². The van der Waals surface area contributed by atoms with Crippen molar-refractivity contribution >= 4 is 17.5 Å². The summed E-state index contributed by atoms with van der Waals surface area (Å²) in [6.45, 7) is 4.36. The normalized spacial score (nSPS) is 20.8. The molecule has 9 nitrogen and oxygen atoms in total. The van der Waals surface area contributed by atoms with E-state index in [9.17, 15) is 4.79 Å². The van der Waals surface area contributed by atoms with Crippen molar-refractivity contribution in [2.24, 2.45) is 0 Å². The minimum absolute atomic E-state index is 0.0140. The Morgan fingerprint density at radius 3 is 2.76 bits per heavy atom. The van der Waals surface area contributed by atoms with E-state index in [-0.39, 0.29) is 17.2 Å². The van der Waals surface area contributed by atoms with Crippen LogP contribution in [-0.2, 0) is 11.2 Å². The summed E-state index contributed by atoms with van der Waals surface area (Å²) in [5.41, 5.74) is 2.60. The number of anilines is 3. The highest BCUT2D eigenvalue weighted by Crippen LogP contribution is 2.49. The number of ether oxygens (including phenoxy) is 2. The molecule has 0 amide bonds. The van der Waals surface area contributed by atoms with Crippen molar-refractivity contribution in [3.8, 4) is 17.3 Å². The molecule has 33 heavy (non-hydrogen) atoms. The van der Waals surface area contributed by atoms with Crippen molar-refractivity contribution in [1.29, 1.82) is 0 Å². The second-order valence-electron chi connectivity index (χ2n) is 9.04. The van der Waals surface area contributed by atoms with E-state index in [1.165, 1.54) is 12.3 Å². The van der Waals surface area contributed by atoms with E-state index < -0.39 is 0 Å². The molecular weight excluding hydrogens is 420 g/mol. The van der Waals surface area contributed by atoms with Gasteiger partial charge in [-0.3, -0.25) is 9.78 Å². The van der Waals surface area contributed by atoms with Crippen LogP contribution in [0.2, 0.25) is 0 Å². The molecule has 9 heteroatoms. The van der Waals surface area contributed by atoms with E-state index in [0.717, 1.165) is 60.7 Å². The number of nitrogens with zero attached hydrogens (tertiary/aromatic N) is 4. The zero-order valence-electron chi connectivity index (χ0n) is 18.5. The molecule has 170 valence electrons. The molecule has 0 unspecified atom stereocenters. The van der Waals surface area contributed by atoms with Gasteiger partial charge in [-0.15, -0.1) is 0 Å². The van der Waals surface area contributed by atoms with Crippen LogP contribution in [0.5, 0.6) is 5.88 Å². The Balaban J connectivity index is 1.34. The molecule has 3 aromatic rings. The summed E-state index contributed by atoms with van der Waals surface area (Å²) < 4.78 is 12.1. The number of morpholine rings is 1. The minimum Gasteiger partial charge on any atom is -0.471 e. The summed E-state index contributed by atoms with van der Waals surface area (Å²) in [5.74, 6) is 2.74. The maximum Gasteiger partial charge on any atom is 0.252 e. The summed E-state index contributed by atoms with van der Waals surface area (Å²) >= 11 is 0. The van der Waals surface area contributed by atoms with Gasteiger partial charge in [-0.05, 0) is 56.9 Å². The van der Waals surface area contributed by atoms with Gasteiger partial charge in [0.1, 0.15) is 11.4 Å². The van der Waals surface area contributed by atoms with E-state index in [1.807, 2.05) is 24.3 Å². The van der Waals surface area contributed by atoms with Crippen LogP contribution < -0.4 is 20.5 Å². The van der Waals surface area contributed by atoms with E-state index in [4.69, 9.17) is 19.4 Å². The van der Waals surface area contributed by atoms with Gasteiger partial charge in [0.05, 0.1) is 24.8 Å². The Hall–Kier alpha value is -3.46. The van der Waals surface area contributed by atoms with Gasteiger partial charge in [-0.25, -0.2) is 9.97 Å². The molecule has 0 bridgehead atoms. The lowest BCUT2D eigenvalue weighted by atomic mass is 10.0. The lowest BCUT2D eigenvalue weighted by Crippen LogP contribution is -2.45. The molecule has 1 spiro atoms. The van der Waals surface area contributed by atoms with Crippen LogP contribution in [0.15, 0.2) is 41.3 Å². The first-order valence-electron chi connectivity index (χ1n) is 11.5. The molecule has 2 N–H and O–H groups in total. The fourth-order valence-electron chi connectivity index (χ4n) is 4.54. The fourth-order valence-corrected chi connectivity index (χ4v) is 4.54. The lowest BCUT2D eigenvalue weighted by Gasteiger charge is -2.37. The number of fused-ring (bicyclic) bond motifs is 1. The van der Waals surface area contributed by atoms with Crippen molar-refractivity contribution in [3.63, 3.8) is 0 Å². The quantitative estimate of drug-likeness (QED) is 0.630. The molecule has 1 atom stereocenters. The Morgan fingerprint density at radius 1 is 1.15 bits per heavy atom. The summed E-state index contributed by atoms with van der Waals surface area (Å²) in [6.07, 6.45) is 5.65. The first-order chi connectivity index (χ1) is 16.1. The average molecular weight is 447 g/mol. The Labute approximate surface area is 191 Å². The van der Waals surface area contributed by atoms with E-state index >= 15 is 0 Å². The summed E-state index contributed by atoms with van der Waals surface area (Å²) in [4.78, 5) is 30.5. The van der Waals surface area contributed by atoms with E-state index in [0.29, 0.717) is 25.0 Å². The largest absolute Gasteiger partial charge is 0.471 e. The Morgan fingerprint density at radius 2 is 2.00 bits per heavy atom. The average Bonchev–Trinajstić information content (AvgIpc) is 3.57. The number of nitrogens with one attached hydrogen (secondary N) is 2. The van der Waals surface area contributed by atoms with E-state index in [1.54, 1.807) is 0 Å². The van der Waals surface area contributed by atoms with Crippen LogP contribution in [-0.4, -0.2) is 51.3 Å². The van der Waals surface area contributed by atoms with Crippen LogP contribution >= 0.6 is 0 Å². The van der Waals surface area contributed by atoms with Crippen molar-refractivity contribution < 1.29 is 9.47 Å². The Bertz CT molecular complexity index is 1240. The van der Waals surface area contributed by atoms with Crippen molar-refractivity contribution in [2.45, 2.75) is 44.2 Å². The third-order valence-corrected chi connectivity index (χ3v) is 6.62. The molecule has 2 aromatic heterocycles. The molecule has 1 saturated heterocycles. The van der Waals surface area contributed by atoms with Gasteiger partial charge >= 0.3 is 0 Å². The molecule has 3 aliphatic rings. The first kappa shape index (κ1) is 20.2. The van der Waals surface area contributed by atoms with Crippen LogP contribution in [0.1, 0.15) is 31.7 Å². The van der Waals surface area contributed by atoms with E-state index in [2.05, 4.69) is 27.1 Å². The van der Waals surface area contributed by atoms with Gasteiger partial charge in [0.15, 0.2) is 5.82 Å². The zero-order chi connectivity index (χ0) is 22.4. The highest BCUT2D eigenvalue weighted by atomic mass is 16.5. The number of rotatable bonds is 4. The summed E-state index contributed by atoms with van der Waals surface area (Å²) in [5, 5.41) is 3.11. The van der Waals surface area contributed by atoms with Crippen LogP contribution in [0.4, 0.5) is 17.5 Å². The summed E-state index contributed by atoms with van der Waals surface area (Å²) in [6, 6.07) is 9.40. The number of H-pyrrole nitrogens is 1. The standard InChI is InChI=1S/C24H26N6O3/c1-15-14-32-13-12-30(15)21-18-6-8-24(9-10-24)33-22(18)29-20(28-21)16-2-4-17(5-3-16)26-23-25-11-7-19(31)27-23/h2-5,7,11,15H,6,8-10,12-14H2,1H3,(H2,25,26,27,31)/t15-/m0/s1. The molecular formula is C24H26N6O3. The van der Waals surface area contributed by atoms with Crippen molar-refractivity contribution in [1.82, 2.24) is 19.9 Å². The molecule has 0 radical (unpaired) electrons. The fraction of sp³-hybridized carbons (Fsp3) is 0.417. The highest BCUT2D eigenvalue weighted by Gasteiger charge is 2.49. The number of benzene rings is 1. The van der Waals surface area contributed by atoms with Crippen molar-refractivity contribution in [3.05, 3.63) is 52.4 Å². The van der Waals surface area contributed by atoms with Gasteiger partial charge < -0.3 is 19.7 Å². The predicted molar refractivity (Wildman–Crippen MR) is 124 cm³/mol. The maximum absolute atomic E-state index is 11.5. The SMILES string of the molecule is C[C@H]1COCCN1c1nc(-c2ccc(Nc3nccc(=O)[nH]3)cc2)nc2c1CCC1(CC1)O2. The summed E-state index contributed by atoms with van der Waals surface area (Å²) in [7, 11) is 0. The van der Waals surface area contributed by atoms with Gasteiger partial charge in [0, 0.05) is 30.1 Å². The molecule has 1 aromatic carbocycles. The molecule has 6 rings (SSSR count). The minimum atomic E-state index is -0.204. The zero-order valence-corrected chi connectivity index (χ0v) is 18.5. The number of aromatic amines is 1. The van der Waals surface area contributed by atoms with Crippen LogP contribution in [0.3, 0.4) is 0 Å². The number of hydrogen-bond donors (Lipinski definition) is 2. The molecule has 4 heterocycles.